The number of halogens is 1. The normalized spacial score (nSPS) is 17.1. The fourth-order valence-corrected chi connectivity index (χ4v) is 3.85. The molecular weight excluding hydrogens is 411 g/mol. The molecule has 30 heavy (non-hydrogen) atoms. The van der Waals surface area contributed by atoms with Crippen LogP contribution in [-0.2, 0) is 19.4 Å². The van der Waals surface area contributed by atoms with Gasteiger partial charge in [0.05, 0.1) is 29.4 Å². The average Bonchev–Trinajstić information content (AvgIpc) is 3.13. The van der Waals surface area contributed by atoms with Crippen LogP contribution in [0.4, 0.5) is 4.39 Å². The number of ketones is 1. The lowest BCUT2D eigenvalue weighted by atomic mass is 10.0. The number of carbonyl (C=O) groups is 1. The van der Waals surface area contributed by atoms with E-state index in [4.69, 9.17) is 9.47 Å². The standard InChI is InChI=1S/C21H19FN2O5S/c1-30(26,27)16-8-4-14(5-9-16)20-19(13-2-6-15(22)7-3-13)21(24-23-20)29-18-12-28-11-10-17(18)25/h2-9,18H,10-12H2,1H3,(H,23,24). The van der Waals surface area contributed by atoms with Gasteiger partial charge in [0, 0.05) is 18.2 Å². The number of Topliss-reactive ketones (excluding diaryl/α,β-unsaturated/α-hetero) is 1. The van der Waals surface area contributed by atoms with Crippen LogP contribution in [0.5, 0.6) is 5.88 Å². The molecule has 1 saturated heterocycles. The van der Waals surface area contributed by atoms with E-state index in [0.717, 1.165) is 6.26 Å². The minimum absolute atomic E-state index is 0.0756. The maximum atomic E-state index is 13.5. The smallest absolute Gasteiger partial charge is 0.241 e. The van der Waals surface area contributed by atoms with Crippen LogP contribution in [0.15, 0.2) is 53.4 Å². The molecule has 0 amide bonds. The van der Waals surface area contributed by atoms with Crippen molar-refractivity contribution < 1.29 is 27.1 Å². The first-order chi connectivity index (χ1) is 14.3. The number of hydrogen-bond acceptors (Lipinski definition) is 6. The molecular formula is C21H19FN2O5S. The Bertz CT molecular complexity index is 1170. The average molecular weight is 430 g/mol. The third-order valence-electron chi connectivity index (χ3n) is 4.81. The molecule has 156 valence electrons. The highest BCUT2D eigenvalue weighted by Gasteiger charge is 2.28. The van der Waals surface area contributed by atoms with Gasteiger partial charge >= 0.3 is 0 Å². The Morgan fingerprint density at radius 3 is 2.40 bits per heavy atom. The molecule has 1 atom stereocenters. The van der Waals surface area contributed by atoms with Crippen LogP contribution in [0.1, 0.15) is 6.42 Å². The van der Waals surface area contributed by atoms with Gasteiger partial charge in [0.25, 0.3) is 0 Å². The molecule has 1 N–H and O–H groups in total. The maximum absolute atomic E-state index is 13.5. The summed E-state index contributed by atoms with van der Waals surface area (Å²) in [4.78, 5) is 12.3. The summed E-state index contributed by atoms with van der Waals surface area (Å²) in [5, 5.41) is 7.12. The van der Waals surface area contributed by atoms with E-state index in [1.165, 1.54) is 24.3 Å². The first-order valence-electron chi connectivity index (χ1n) is 9.25. The van der Waals surface area contributed by atoms with Crippen molar-refractivity contribution in [3.05, 3.63) is 54.3 Å². The van der Waals surface area contributed by atoms with Crippen molar-refractivity contribution in [1.82, 2.24) is 10.2 Å². The first-order valence-corrected chi connectivity index (χ1v) is 11.1. The molecule has 1 fully saturated rings. The highest BCUT2D eigenvalue weighted by atomic mass is 32.2. The number of aromatic amines is 1. The predicted molar refractivity (Wildman–Crippen MR) is 107 cm³/mol. The number of H-pyrrole nitrogens is 1. The number of nitrogens with zero attached hydrogens (tertiary/aromatic N) is 1. The minimum Gasteiger partial charge on any atom is -0.462 e. The zero-order valence-electron chi connectivity index (χ0n) is 16.1. The number of benzene rings is 2. The van der Waals surface area contributed by atoms with E-state index in [1.807, 2.05) is 0 Å². The molecule has 0 spiro atoms. The second-order valence-electron chi connectivity index (χ2n) is 6.98. The van der Waals surface area contributed by atoms with Crippen molar-refractivity contribution in [3.63, 3.8) is 0 Å². The molecule has 7 nitrogen and oxygen atoms in total. The Labute approximate surface area is 172 Å². The monoisotopic (exact) mass is 430 g/mol. The molecule has 1 unspecified atom stereocenters. The molecule has 1 aromatic heterocycles. The van der Waals surface area contributed by atoms with Gasteiger partial charge in [0.2, 0.25) is 5.88 Å². The minimum atomic E-state index is -3.33. The summed E-state index contributed by atoms with van der Waals surface area (Å²) in [6, 6.07) is 12.1. The van der Waals surface area contributed by atoms with Gasteiger partial charge in [-0.2, -0.15) is 0 Å². The van der Waals surface area contributed by atoms with Gasteiger partial charge in [-0.1, -0.05) is 24.3 Å². The molecule has 9 heteroatoms. The van der Waals surface area contributed by atoms with Crippen LogP contribution in [0.3, 0.4) is 0 Å². The van der Waals surface area contributed by atoms with Crippen LogP contribution < -0.4 is 4.74 Å². The Morgan fingerprint density at radius 2 is 1.77 bits per heavy atom. The number of ether oxygens (including phenoxy) is 2. The zero-order chi connectivity index (χ0) is 21.3. The molecule has 4 rings (SSSR count). The van der Waals surface area contributed by atoms with Crippen LogP contribution in [0, 0.1) is 5.82 Å². The molecule has 0 bridgehead atoms. The Hall–Kier alpha value is -3.04. The molecule has 0 radical (unpaired) electrons. The van der Waals surface area contributed by atoms with Crippen molar-refractivity contribution in [2.45, 2.75) is 17.4 Å². The second kappa shape index (κ2) is 8.00. The predicted octanol–water partition coefficient (Wildman–Crippen LogP) is 3.02. The number of sulfone groups is 1. The Balaban J connectivity index is 1.77. The summed E-state index contributed by atoms with van der Waals surface area (Å²) in [6.07, 6.45) is 0.625. The van der Waals surface area contributed by atoms with Crippen LogP contribution >= 0.6 is 0 Å². The van der Waals surface area contributed by atoms with E-state index in [9.17, 15) is 17.6 Å². The maximum Gasteiger partial charge on any atom is 0.241 e. The first kappa shape index (κ1) is 20.2. The SMILES string of the molecule is CS(=O)(=O)c1ccc(-c2[nH]nc(OC3COCCC3=O)c2-c2ccc(F)cc2)cc1. The van der Waals surface area contributed by atoms with Gasteiger partial charge in [-0.25, -0.2) is 12.8 Å². The van der Waals surface area contributed by atoms with Gasteiger partial charge in [-0.05, 0) is 29.8 Å². The molecule has 2 aromatic carbocycles. The summed E-state index contributed by atoms with van der Waals surface area (Å²) in [5.74, 6) is -0.277. The topological polar surface area (TPSA) is 98.3 Å². The fourth-order valence-electron chi connectivity index (χ4n) is 3.22. The van der Waals surface area contributed by atoms with Crippen LogP contribution in [0.2, 0.25) is 0 Å². The number of aromatic nitrogens is 2. The number of nitrogens with one attached hydrogen (secondary N) is 1. The van der Waals surface area contributed by atoms with E-state index >= 15 is 0 Å². The number of hydrogen-bond donors (Lipinski definition) is 1. The largest absolute Gasteiger partial charge is 0.462 e. The Kier molecular flexibility index (Phi) is 5.40. The van der Waals surface area contributed by atoms with Gasteiger partial charge in [-0.15, -0.1) is 5.10 Å². The highest BCUT2D eigenvalue weighted by molar-refractivity contribution is 7.90. The fraction of sp³-hybridized carbons (Fsp3) is 0.238. The highest BCUT2D eigenvalue weighted by Crippen LogP contribution is 2.38. The summed E-state index contributed by atoms with van der Waals surface area (Å²) in [6.45, 7) is 0.495. The quantitative estimate of drug-likeness (QED) is 0.668. The summed E-state index contributed by atoms with van der Waals surface area (Å²) in [5.41, 5.74) is 2.39. The van der Waals surface area contributed by atoms with Gasteiger partial charge in [-0.3, -0.25) is 9.89 Å². The summed E-state index contributed by atoms with van der Waals surface area (Å²) >= 11 is 0. The molecule has 0 aliphatic carbocycles. The van der Waals surface area contributed by atoms with Crippen molar-refractivity contribution in [3.8, 4) is 28.3 Å². The lowest BCUT2D eigenvalue weighted by Gasteiger charge is -2.21. The molecule has 3 aromatic rings. The van der Waals surface area contributed by atoms with Crippen molar-refractivity contribution in [2.75, 3.05) is 19.5 Å². The summed E-state index contributed by atoms with van der Waals surface area (Å²) in [7, 11) is -3.33. The Morgan fingerprint density at radius 1 is 1.10 bits per heavy atom. The lowest BCUT2D eigenvalue weighted by molar-refractivity contribution is -0.135. The lowest BCUT2D eigenvalue weighted by Crippen LogP contribution is -2.37. The second-order valence-corrected chi connectivity index (χ2v) is 9.00. The molecule has 1 aliphatic heterocycles. The van der Waals surface area contributed by atoms with Crippen molar-refractivity contribution in [1.29, 1.82) is 0 Å². The van der Waals surface area contributed by atoms with Crippen LogP contribution in [-0.4, -0.2) is 50.0 Å². The number of rotatable bonds is 5. The molecule has 0 saturated carbocycles. The third-order valence-corrected chi connectivity index (χ3v) is 5.94. The van der Waals surface area contributed by atoms with Crippen molar-refractivity contribution in [2.24, 2.45) is 0 Å². The zero-order valence-corrected chi connectivity index (χ0v) is 16.9. The van der Waals surface area contributed by atoms with Gasteiger partial charge in [0.1, 0.15) is 5.82 Å². The molecule has 2 heterocycles. The summed E-state index contributed by atoms with van der Waals surface area (Å²) < 4.78 is 48.1. The number of carbonyl (C=O) groups excluding carboxylic acids is 1. The van der Waals surface area contributed by atoms with E-state index in [2.05, 4.69) is 10.2 Å². The van der Waals surface area contributed by atoms with E-state index < -0.39 is 15.9 Å². The van der Waals surface area contributed by atoms with Crippen molar-refractivity contribution >= 4 is 15.6 Å². The third kappa shape index (κ3) is 4.12. The van der Waals surface area contributed by atoms with Gasteiger partial charge in [0.15, 0.2) is 21.7 Å². The van der Waals surface area contributed by atoms with Gasteiger partial charge < -0.3 is 9.47 Å². The van der Waals surface area contributed by atoms with Crippen LogP contribution in [0.25, 0.3) is 22.4 Å². The molecule has 1 aliphatic rings. The van der Waals surface area contributed by atoms with E-state index in [0.29, 0.717) is 29.0 Å². The van der Waals surface area contributed by atoms with E-state index in [1.54, 1.807) is 24.3 Å². The van der Waals surface area contributed by atoms with E-state index in [-0.39, 0.29) is 35.4 Å².